The van der Waals surface area contributed by atoms with Gasteiger partial charge in [-0.25, -0.2) is 0 Å². The van der Waals surface area contributed by atoms with Crippen LogP contribution in [0.5, 0.6) is 0 Å². The van der Waals surface area contributed by atoms with Crippen molar-refractivity contribution in [1.29, 1.82) is 0 Å². The van der Waals surface area contributed by atoms with E-state index in [0.29, 0.717) is 6.54 Å². The highest BCUT2D eigenvalue weighted by atomic mass is 32.2. The maximum Gasteiger partial charge on any atom is 0.290 e. The van der Waals surface area contributed by atoms with Gasteiger partial charge in [0.15, 0.2) is 0 Å². The van der Waals surface area contributed by atoms with Crippen LogP contribution < -0.4 is 10.2 Å². The summed E-state index contributed by atoms with van der Waals surface area (Å²) in [5.41, 5.74) is 1.96. The number of fused-ring (bicyclic) bond motifs is 2. The minimum Gasteiger partial charge on any atom is -0.483 e. The van der Waals surface area contributed by atoms with Gasteiger partial charge in [-0.05, 0) is 56.9 Å². The van der Waals surface area contributed by atoms with Crippen molar-refractivity contribution in [3.8, 4) is 0 Å². The lowest BCUT2D eigenvalue weighted by molar-refractivity contribution is -0.123. The summed E-state index contributed by atoms with van der Waals surface area (Å²) in [5, 5.41) is 17.1. The molecule has 1 aliphatic heterocycles. The Kier molecular flexibility index (Phi) is 13.5. The molecule has 2 aromatic carbocycles. The summed E-state index contributed by atoms with van der Waals surface area (Å²) in [6.45, 7) is 8.30. The Labute approximate surface area is 193 Å². The molecule has 0 aromatic heterocycles. The number of benzene rings is 2. The number of anilines is 2. The Morgan fingerprint density at radius 3 is 1.91 bits per heavy atom. The summed E-state index contributed by atoms with van der Waals surface area (Å²) in [5.74, 6) is 0.0908. The van der Waals surface area contributed by atoms with Gasteiger partial charge in [0.1, 0.15) is 0 Å². The zero-order valence-corrected chi connectivity index (χ0v) is 19.3. The normalized spacial score (nSPS) is 11.2. The summed E-state index contributed by atoms with van der Waals surface area (Å²) in [4.78, 5) is 36.2. The highest BCUT2D eigenvalue weighted by Crippen LogP contribution is 2.47. The Morgan fingerprint density at radius 1 is 0.969 bits per heavy atom. The van der Waals surface area contributed by atoms with E-state index in [1.165, 1.54) is 0 Å². The predicted molar refractivity (Wildman–Crippen MR) is 127 cm³/mol. The average molecular weight is 462 g/mol. The summed E-state index contributed by atoms with van der Waals surface area (Å²) in [6, 6.07) is 16.2. The second-order valence-corrected chi connectivity index (χ2v) is 7.62. The number of nitrogens with zero attached hydrogens (tertiary/aromatic N) is 2. The Balaban J connectivity index is 0.000000769. The number of hydrogen-bond donors (Lipinski definition) is 3. The molecule has 2 aromatic rings. The molecule has 0 saturated heterocycles. The zero-order valence-electron chi connectivity index (χ0n) is 18.4. The van der Waals surface area contributed by atoms with Crippen molar-refractivity contribution in [2.75, 3.05) is 37.6 Å². The van der Waals surface area contributed by atoms with Crippen molar-refractivity contribution in [1.82, 2.24) is 10.2 Å². The Morgan fingerprint density at radius 2 is 1.44 bits per heavy atom. The summed E-state index contributed by atoms with van der Waals surface area (Å²) < 4.78 is 0. The molecule has 0 aliphatic carbocycles. The van der Waals surface area contributed by atoms with Gasteiger partial charge in [0.25, 0.3) is 12.9 Å². The third-order valence-electron chi connectivity index (χ3n) is 4.68. The fourth-order valence-electron chi connectivity index (χ4n) is 3.22. The van der Waals surface area contributed by atoms with Crippen LogP contribution in [-0.2, 0) is 14.4 Å². The monoisotopic (exact) mass is 461 g/mol. The van der Waals surface area contributed by atoms with Gasteiger partial charge in [0.05, 0.1) is 17.9 Å². The van der Waals surface area contributed by atoms with Crippen LogP contribution >= 0.6 is 11.8 Å². The van der Waals surface area contributed by atoms with Crippen molar-refractivity contribution in [3.05, 3.63) is 48.5 Å². The van der Waals surface area contributed by atoms with E-state index >= 15 is 0 Å². The van der Waals surface area contributed by atoms with E-state index in [1.807, 2.05) is 41.3 Å². The van der Waals surface area contributed by atoms with Crippen LogP contribution in [0.25, 0.3) is 0 Å². The third kappa shape index (κ3) is 8.33. The van der Waals surface area contributed by atoms with Gasteiger partial charge in [-0.2, -0.15) is 0 Å². The number of carbonyl (C=O) groups is 3. The highest BCUT2D eigenvalue weighted by molar-refractivity contribution is 7.99. The van der Waals surface area contributed by atoms with Crippen molar-refractivity contribution in [2.24, 2.45) is 0 Å². The maximum absolute atomic E-state index is 13.0. The molecule has 1 heterocycles. The number of rotatable bonds is 8. The first-order valence-corrected chi connectivity index (χ1v) is 11.2. The van der Waals surface area contributed by atoms with Crippen molar-refractivity contribution in [3.63, 3.8) is 0 Å². The second kappa shape index (κ2) is 15.9. The molecular weight excluding hydrogens is 430 g/mol. The number of nitrogens with one attached hydrogen (secondary N) is 1. The topological polar surface area (TPSA) is 110 Å². The predicted octanol–water partition coefficient (Wildman–Crippen LogP) is 3.54. The van der Waals surface area contributed by atoms with E-state index in [0.717, 1.165) is 53.8 Å². The number of carbonyl (C=O) groups excluding carboxylic acids is 1. The van der Waals surface area contributed by atoms with Crippen LogP contribution in [0.2, 0.25) is 0 Å². The minimum absolute atomic E-state index is 0.0908. The van der Waals surface area contributed by atoms with Crippen LogP contribution in [-0.4, -0.2) is 66.7 Å². The minimum atomic E-state index is -0.250. The van der Waals surface area contributed by atoms with Crippen LogP contribution in [0.15, 0.2) is 58.3 Å². The third-order valence-corrected chi connectivity index (χ3v) is 5.81. The molecule has 3 rings (SSSR count). The van der Waals surface area contributed by atoms with E-state index in [4.69, 9.17) is 19.8 Å². The number of hydrogen-bond acceptors (Lipinski definition) is 6. The maximum atomic E-state index is 13.0. The van der Waals surface area contributed by atoms with Crippen molar-refractivity contribution < 1.29 is 24.6 Å². The van der Waals surface area contributed by atoms with E-state index in [-0.39, 0.29) is 18.9 Å². The lowest BCUT2D eigenvalue weighted by Gasteiger charge is -2.31. The number of para-hydroxylation sites is 2. The molecular formula is C23H31N3O5S. The summed E-state index contributed by atoms with van der Waals surface area (Å²) in [6.07, 6.45) is 1.05. The molecule has 0 atom stereocenters. The van der Waals surface area contributed by atoms with Gasteiger partial charge < -0.3 is 20.4 Å². The smallest absolute Gasteiger partial charge is 0.290 e. The molecule has 0 fully saturated rings. The fraction of sp³-hybridized carbons (Fsp3) is 0.348. The molecule has 9 heteroatoms. The van der Waals surface area contributed by atoms with Crippen LogP contribution in [0.3, 0.4) is 0 Å². The van der Waals surface area contributed by atoms with Gasteiger partial charge in [-0.3, -0.25) is 19.3 Å². The first-order chi connectivity index (χ1) is 15.6. The molecule has 0 unspecified atom stereocenters. The number of carboxylic acid groups (broad SMARTS) is 2. The van der Waals surface area contributed by atoms with Gasteiger partial charge in [-0.1, -0.05) is 49.9 Å². The molecule has 0 radical (unpaired) electrons. The lowest BCUT2D eigenvalue weighted by atomic mass is 10.2. The van der Waals surface area contributed by atoms with E-state index in [2.05, 4.69) is 36.2 Å². The first kappa shape index (κ1) is 27.2. The zero-order chi connectivity index (χ0) is 23.8. The molecule has 174 valence electrons. The van der Waals surface area contributed by atoms with Crippen LogP contribution in [0.1, 0.15) is 20.3 Å². The van der Waals surface area contributed by atoms with Gasteiger partial charge >= 0.3 is 0 Å². The standard InChI is InChI=1S/C21H27N3OS.2CH2O2/c1-3-23(4-2)15-9-14-22-16-21(25)24-17-10-5-7-12-19(17)26-20-13-8-6-11-18(20)24;2*2-1-3/h5-8,10-13,22H,3-4,9,14-16H2,1-2H3;2*1H,(H,2,3). The highest BCUT2D eigenvalue weighted by Gasteiger charge is 2.27. The summed E-state index contributed by atoms with van der Waals surface area (Å²) >= 11 is 1.72. The van der Waals surface area contributed by atoms with E-state index < -0.39 is 0 Å². The van der Waals surface area contributed by atoms with Gasteiger partial charge in [-0.15, -0.1) is 0 Å². The quantitative estimate of drug-likeness (QED) is 0.404. The average Bonchev–Trinajstić information content (AvgIpc) is 2.80. The fourth-order valence-corrected chi connectivity index (χ4v) is 4.27. The molecule has 3 N–H and O–H groups in total. The SMILES string of the molecule is CCN(CC)CCCNCC(=O)N1c2ccccc2Sc2ccccc21.O=CO.O=CO. The molecule has 0 spiro atoms. The van der Waals surface area contributed by atoms with E-state index in [9.17, 15) is 4.79 Å². The molecule has 8 nitrogen and oxygen atoms in total. The lowest BCUT2D eigenvalue weighted by Crippen LogP contribution is -2.37. The second-order valence-electron chi connectivity index (χ2n) is 6.53. The van der Waals surface area contributed by atoms with Crippen LogP contribution in [0.4, 0.5) is 11.4 Å². The Bertz CT molecular complexity index is 794. The van der Waals surface area contributed by atoms with Gasteiger partial charge in [0.2, 0.25) is 5.91 Å². The van der Waals surface area contributed by atoms with Crippen LogP contribution in [0, 0.1) is 0 Å². The van der Waals surface area contributed by atoms with Crippen molar-refractivity contribution in [2.45, 2.75) is 30.1 Å². The molecule has 1 amide bonds. The first-order valence-electron chi connectivity index (χ1n) is 10.3. The largest absolute Gasteiger partial charge is 0.483 e. The van der Waals surface area contributed by atoms with Crippen molar-refractivity contribution >= 4 is 42.0 Å². The summed E-state index contributed by atoms with van der Waals surface area (Å²) in [7, 11) is 0. The molecule has 0 saturated carbocycles. The number of amides is 1. The Hall–Kier alpha value is -2.88. The molecule has 1 aliphatic rings. The van der Waals surface area contributed by atoms with Gasteiger partial charge in [0, 0.05) is 9.79 Å². The van der Waals surface area contributed by atoms with E-state index in [1.54, 1.807) is 11.8 Å². The molecule has 32 heavy (non-hydrogen) atoms. The molecule has 0 bridgehead atoms.